The fourth-order valence-electron chi connectivity index (χ4n) is 2.04. The van der Waals surface area contributed by atoms with Gasteiger partial charge >= 0.3 is 11.9 Å². The lowest BCUT2D eigenvalue weighted by Crippen LogP contribution is -2.37. The molecule has 0 aromatic heterocycles. The van der Waals surface area contributed by atoms with Gasteiger partial charge in [-0.05, 0) is 37.5 Å². The first-order valence-electron chi connectivity index (χ1n) is 6.28. The SMILES string of the molecule is CCOC(=O)C(=O)NCC1(c2ccc(F)cc2)CC1. The molecule has 0 saturated heterocycles. The monoisotopic (exact) mass is 265 g/mol. The van der Waals surface area contributed by atoms with E-state index in [4.69, 9.17) is 0 Å². The highest BCUT2D eigenvalue weighted by Gasteiger charge is 2.44. The first kappa shape index (κ1) is 13.5. The summed E-state index contributed by atoms with van der Waals surface area (Å²) in [7, 11) is 0. The molecule has 0 radical (unpaired) electrons. The molecule has 1 aromatic carbocycles. The van der Waals surface area contributed by atoms with Crippen LogP contribution >= 0.6 is 0 Å². The Morgan fingerprint density at radius 1 is 1.32 bits per heavy atom. The Morgan fingerprint density at radius 3 is 2.47 bits per heavy atom. The van der Waals surface area contributed by atoms with Crippen molar-refractivity contribution in [3.05, 3.63) is 35.6 Å². The van der Waals surface area contributed by atoms with Crippen LogP contribution in [0.25, 0.3) is 0 Å². The number of hydrogen-bond acceptors (Lipinski definition) is 3. The largest absolute Gasteiger partial charge is 0.459 e. The van der Waals surface area contributed by atoms with Crippen molar-refractivity contribution < 1.29 is 18.7 Å². The minimum Gasteiger partial charge on any atom is -0.459 e. The Labute approximate surface area is 110 Å². The van der Waals surface area contributed by atoms with Gasteiger partial charge in [-0.25, -0.2) is 9.18 Å². The molecule has 0 spiro atoms. The van der Waals surface area contributed by atoms with E-state index in [0.29, 0.717) is 6.54 Å². The third-order valence-corrected chi connectivity index (χ3v) is 3.36. The van der Waals surface area contributed by atoms with Gasteiger partial charge in [-0.1, -0.05) is 12.1 Å². The molecule has 0 unspecified atom stereocenters. The summed E-state index contributed by atoms with van der Waals surface area (Å²) in [6.45, 7) is 2.19. The number of esters is 1. The Kier molecular flexibility index (Phi) is 3.83. The summed E-state index contributed by atoms with van der Waals surface area (Å²) in [6, 6.07) is 6.25. The van der Waals surface area contributed by atoms with Gasteiger partial charge in [0.25, 0.3) is 0 Å². The predicted molar refractivity (Wildman–Crippen MR) is 67.0 cm³/mol. The van der Waals surface area contributed by atoms with Crippen LogP contribution in [0.15, 0.2) is 24.3 Å². The van der Waals surface area contributed by atoms with Gasteiger partial charge in [0.2, 0.25) is 0 Å². The van der Waals surface area contributed by atoms with Crippen LogP contribution in [0.1, 0.15) is 25.3 Å². The van der Waals surface area contributed by atoms with Crippen LogP contribution in [0.5, 0.6) is 0 Å². The van der Waals surface area contributed by atoms with Crippen LogP contribution in [0.2, 0.25) is 0 Å². The van der Waals surface area contributed by atoms with Crippen molar-refractivity contribution in [1.29, 1.82) is 0 Å². The molecule has 1 saturated carbocycles. The molecule has 0 heterocycles. The number of amides is 1. The maximum Gasteiger partial charge on any atom is 0.396 e. The van der Waals surface area contributed by atoms with Gasteiger partial charge < -0.3 is 10.1 Å². The van der Waals surface area contributed by atoms with Gasteiger partial charge in [-0.2, -0.15) is 0 Å². The standard InChI is InChI=1S/C14H16FNO3/c1-2-19-13(18)12(17)16-9-14(7-8-14)10-3-5-11(15)6-4-10/h3-6H,2,7-9H2,1H3,(H,16,17). The third-order valence-electron chi connectivity index (χ3n) is 3.36. The number of hydrogen-bond donors (Lipinski definition) is 1. The lowest BCUT2D eigenvalue weighted by molar-refractivity contribution is -0.154. The third kappa shape index (κ3) is 3.10. The molecule has 2 rings (SSSR count). The van der Waals surface area contributed by atoms with Crippen molar-refractivity contribution in [2.45, 2.75) is 25.2 Å². The van der Waals surface area contributed by atoms with Gasteiger partial charge in [0.05, 0.1) is 6.61 Å². The maximum atomic E-state index is 12.9. The molecule has 1 aromatic rings. The van der Waals surface area contributed by atoms with Gasteiger partial charge in [-0.15, -0.1) is 0 Å². The van der Waals surface area contributed by atoms with Crippen LogP contribution in [-0.4, -0.2) is 25.0 Å². The molecule has 4 nitrogen and oxygen atoms in total. The highest BCUT2D eigenvalue weighted by atomic mass is 19.1. The summed E-state index contributed by atoms with van der Waals surface area (Å²) in [5.74, 6) is -1.87. The van der Waals surface area contributed by atoms with E-state index in [2.05, 4.69) is 10.1 Å². The lowest BCUT2D eigenvalue weighted by Gasteiger charge is -2.16. The van der Waals surface area contributed by atoms with Crippen LogP contribution in [0.4, 0.5) is 4.39 Å². The summed E-state index contributed by atoms with van der Waals surface area (Å²) >= 11 is 0. The Hall–Kier alpha value is -1.91. The van der Waals surface area contributed by atoms with E-state index in [1.54, 1.807) is 19.1 Å². The van der Waals surface area contributed by atoms with Crippen LogP contribution < -0.4 is 5.32 Å². The lowest BCUT2D eigenvalue weighted by atomic mass is 9.96. The smallest absolute Gasteiger partial charge is 0.396 e. The van der Waals surface area contributed by atoms with Crippen molar-refractivity contribution >= 4 is 11.9 Å². The van der Waals surface area contributed by atoms with Gasteiger partial charge in [0.15, 0.2) is 0 Å². The summed E-state index contributed by atoms with van der Waals surface area (Å²) in [5, 5.41) is 2.58. The molecule has 0 atom stereocenters. The number of carbonyl (C=O) groups excluding carboxylic acids is 2. The van der Waals surface area contributed by atoms with Gasteiger partial charge in [0, 0.05) is 12.0 Å². The molecule has 0 aliphatic heterocycles. The fourth-order valence-corrected chi connectivity index (χ4v) is 2.04. The van der Waals surface area contributed by atoms with Crippen molar-refractivity contribution in [2.75, 3.05) is 13.2 Å². The number of halogens is 1. The maximum absolute atomic E-state index is 12.9. The van der Waals surface area contributed by atoms with Crippen molar-refractivity contribution in [3.8, 4) is 0 Å². The van der Waals surface area contributed by atoms with E-state index in [-0.39, 0.29) is 17.8 Å². The van der Waals surface area contributed by atoms with Crippen molar-refractivity contribution in [2.24, 2.45) is 0 Å². The second-order valence-electron chi connectivity index (χ2n) is 4.69. The number of carbonyl (C=O) groups is 2. The predicted octanol–water partition coefficient (Wildman–Crippen LogP) is 1.54. The summed E-state index contributed by atoms with van der Waals surface area (Å²) in [5.41, 5.74) is 0.827. The minimum absolute atomic E-state index is 0.157. The van der Waals surface area contributed by atoms with Crippen molar-refractivity contribution in [3.63, 3.8) is 0 Å². The first-order chi connectivity index (χ1) is 9.07. The molecule has 1 amide bonds. The average Bonchev–Trinajstić information content (AvgIpc) is 3.18. The zero-order valence-corrected chi connectivity index (χ0v) is 10.7. The summed E-state index contributed by atoms with van der Waals surface area (Å²) < 4.78 is 17.5. The molecular weight excluding hydrogens is 249 g/mol. The van der Waals surface area contributed by atoms with Gasteiger partial charge in [0.1, 0.15) is 5.82 Å². The van der Waals surface area contributed by atoms with Crippen LogP contribution in [0, 0.1) is 5.82 Å². The molecule has 102 valence electrons. The zero-order valence-electron chi connectivity index (χ0n) is 10.7. The minimum atomic E-state index is -0.864. The summed E-state index contributed by atoms with van der Waals surface area (Å²) in [4.78, 5) is 22.6. The molecule has 5 heteroatoms. The second-order valence-corrected chi connectivity index (χ2v) is 4.69. The molecule has 1 aliphatic rings. The molecule has 1 aliphatic carbocycles. The summed E-state index contributed by atoms with van der Waals surface area (Å²) in [6.07, 6.45) is 1.84. The Balaban J connectivity index is 1.94. The van der Waals surface area contributed by atoms with Crippen LogP contribution in [-0.2, 0) is 19.7 Å². The number of nitrogens with one attached hydrogen (secondary N) is 1. The van der Waals surface area contributed by atoms with Crippen LogP contribution in [0.3, 0.4) is 0 Å². The highest BCUT2D eigenvalue weighted by Crippen LogP contribution is 2.47. The molecule has 0 bridgehead atoms. The number of ether oxygens (including phenoxy) is 1. The Bertz CT molecular complexity index is 480. The van der Waals surface area contributed by atoms with E-state index in [1.165, 1.54) is 12.1 Å². The van der Waals surface area contributed by atoms with E-state index in [9.17, 15) is 14.0 Å². The number of rotatable bonds is 4. The normalized spacial score (nSPS) is 15.7. The zero-order chi connectivity index (χ0) is 13.9. The van der Waals surface area contributed by atoms with E-state index in [0.717, 1.165) is 18.4 Å². The molecule has 19 heavy (non-hydrogen) atoms. The number of benzene rings is 1. The van der Waals surface area contributed by atoms with E-state index < -0.39 is 11.9 Å². The quantitative estimate of drug-likeness (QED) is 0.663. The van der Waals surface area contributed by atoms with Gasteiger partial charge in [-0.3, -0.25) is 4.79 Å². The molecular formula is C14H16FNO3. The fraction of sp³-hybridized carbons (Fsp3) is 0.429. The average molecular weight is 265 g/mol. The topological polar surface area (TPSA) is 55.4 Å². The van der Waals surface area contributed by atoms with Crippen molar-refractivity contribution in [1.82, 2.24) is 5.32 Å². The Morgan fingerprint density at radius 2 is 1.95 bits per heavy atom. The first-order valence-corrected chi connectivity index (χ1v) is 6.28. The van der Waals surface area contributed by atoms with E-state index in [1.807, 2.05) is 0 Å². The molecule has 1 N–H and O–H groups in total. The molecule has 1 fully saturated rings. The van der Waals surface area contributed by atoms with E-state index >= 15 is 0 Å². The second kappa shape index (κ2) is 5.38. The highest BCUT2D eigenvalue weighted by molar-refractivity contribution is 6.32.